The van der Waals surface area contributed by atoms with E-state index in [4.69, 9.17) is 12.2 Å². The van der Waals surface area contributed by atoms with Gasteiger partial charge in [-0.15, -0.1) is 0 Å². The van der Waals surface area contributed by atoms with Crippen LogP contribution in [0.2, 0.25) is 0 Å². The van der Waals surface area contributed by atoms with Crippen molar-refractivity contribution < 1.29 is 0 Å². The second-order valence-corrected chi connectivity index (χ2v) is 6.47. The first kappa shape index (κ1) is 12.2. The monoisotopic (exact) mass is 240 g/mol. The maximum absolute atomic E-state index is 5.50. The Morgan fingerprint density at radius 1 is 1.19 bits per heavy atom. The Morgan fingerprint density at radius 2 is 1.75 bits per heavy atom. The predicted octanol–water partition coefficient (Wildman–Crippen LogP) is 2.93. The molecule has 3 heteroatoms. The third-order valence-corrected chi connectivity index (χ3v) is 4.46. The van der Waals surface area contributed by atoms with Gasteiger partial charge in [-0.1, -0.05) is 26.7 Å². The van der Waals surface area contributed by atoms with Gasteiger partial charge in [0, 0.05) is 19.1 Å². The van der Waals surface area contributed by atoms with Crippen molar-refractivity contribution >= 4 is 17.3 Å². The van der Waals surface area contributed by atoms with Crippen LogP contribution in [0, 0.1) is 5.41 Å². The topological polar surface area (TPSA) is 15.3 Å². The lowest BCUT2D eigenvalue weighted by molar-refractivity contribution is 0.186. The van der Waals surface area contributed by atoms with E-state index in [0.29, 0.717) is 11.5 Å². The lowest BCUT2D eigenvalue weighted by Gasteiger charge is -2.38. The molecule has 0 amide bonds. The van der Waals surface area contributed by atoms with Crippen LogP contribution in [0.5, 0.6) is 0 Å². The third kappa shape index (κ3) is 3.09. The second-order valence-electron chi connectivity index (χ2n) is 6.08. The van der Waals surface area contributed by atoms with Crippen LogP contribution in [0.15, 0.2) is 0 Å². The summed E-state index contributed by atoms with van der Waals surface area (Å²) in [5.74, 6) is 0. The van der Waals surface area contributed by atoms with Gasteiger partial charge in [-0.2, -0.15) is 0 Å². The molecule has 0 unspecified atom stereocenters. The number of piperidine rings is 1. The van der Waals surface area contributed by atoms with E-state index in [1.54, 1.807) is 0 Å². The van der Waals surface area contributed by atoms with E-state index >= 15 is 0 Å². The normalized spacial score (nSPS) is 25.8. The number of rotatable bonds is 1. The van der Waals surface area contributed by atoms with Crippen LogP contribution in [0.3, 0.4) is 0 Å². The fraction of sp³-hybridized carbons (Fsp3) is 0.923. The zero-order chi connectivity index (χ0) is 11.6. The molecule has 1 aliphatic heterocycles. The second kappa shape index (κ2) is 4.91. The summed E-state index contributed by atoms with van der Waals surface area (Å²) in [4.78, 5) is 2.36. The molecule has 0 atom stereocenters. The first-order valence-electron chi connectivity index (χ1n) is 6.62. The smallest absolute Gasteiger partial charge is 0.169 e. The van der Waals surface area contributed by atoms with E-state index in [2.05, 4.69) is 24.1 Å². The molecule has 0 spiro atoms. The number of thiocarbonyl (C=S) groups is 1. The van der Waals surface area contributed by atoms with E-state index in [9.17, 15) is 0 Å². The van der Waals surface area contributed by atoms with E-state index in [0.717, 1.165) is 18.2 Å². The molecule has 2 nitrogen and oxygen atoms in total. The molecular formula is C13H24N2S. The van der Waals surface area contributed by atoms with Crippen LogP contribution in [0.25, 0.3) is 0 Å². The highest BCUT2D eigenvalue weighted by molar-refractivity contribution is 7.80. The van der Waals surface area contributed by atoms with Gasteiger partial charge in [0.15, 0.2) is 5.11 Å². The van der Waals surface area contributed by atoms with E-state index in [1.165, 1.54) is 38.5 Å². The minimum absolute atomic E-state index is 0.513. The minimum atomic E-state index is 0.513. The van der Waals surface area contributed by atoms with Gasteiger partial charge in [0.2, 0.25) is 0 Å². The zero-order valence-corrected chi connectivity index (χ0v) is 11.4. The lowest BCUT2D eigenvalue weighted by atomic mass is 9.83. The summed E-state index contributed by atoms with van der Waals surface area (Å²) in [5.41, 5.74) is 0.513. The molecule has 0 radical (unpaired) electrons. The highest BCUT2D eigenvalue weighted by atomic mass is 32.1. The highest BCUT2D eigenvalue weighted by Gasteiger charge is 2.27. The highest BCUT2D eigenvalue weighted by Crippen LogP contribution is 2.29. The molecule has 2 rings (SSSR count). The Morgan fingerprint density at radius 3 is 2.31 bits per heavy atom. The fourth-order valence-corrected chi connectivity index (χ4v) is 3.00. The quantitative estimate of drug-likeness (QED) is 0.710. The van der Waals surface area contributed by atoms with E-state index in [-0.39, 0.29) is 0 Å². The molecule has 1 N–H and O–H groups in total. The maximum Gasteiger partial charge on any atom is 0.169 e. The summed E-state index contributed by atoms with van der Waals surface area (Å²) < 4.78 is 0. The number of nitrogens with zero attached hydrogens (tertiary/aromatic N) is 1. The number of nitrogens with one attached hydrogen (secondary N) is 1. The molecular weight excluding hydrogens is 216 g/mol. The van der Waals surface area contributed by atoms with Crippen molar-refractivity contribution in [1.29, 1.82) is 0 Å². The standard InChI is InChI=1S/C13H24N2S/c1-13(2)7-9-15(10-8-13)12(16)14-11-5-3-4-6-11/h11H,3-10H2,1-2H3,(H,14,16). The first-order valence-corrected chi connectivity index (χ1v) is 7.03. The summed E-state index contributed by atoms with van der Waals surface area (Å²) in [7, 11) is 0. The van der Waals surface area contributed by atoms with Crippen LogP contribution in [-0.4, -0.2) is 29.1 Å². The van der Waals surface area contributed by atoms with Gasteiger partial charge in [0.25, 0.3) is 0 Å². The maximum atomic E-state index is 5.50. The van der Waals surface area contributed by atoms with Crippen molar-refractivity contribution in [1.82, 2.24) is 10.2 Å². The average Bonchev–Trinajstić information content (AvgIpc) is 2.70. The van der Waals surface area contributed by atoms with Gasteiger partial charge in [0.1, 0.15) is 0 Å². The Hall–Kier alpha value is -0.310. The molecule has 92 valence electrons. The third-order valence-electron chi connectivity index (χ3n) is 4.09. The molecule has 0 aromatic heterocycles. The zero-order valence-electron chi connectivity index (χ0n) is 10.6. The molecule has 0 aromatic rings. The Balaban J connectivity index is 1.77. The van der Waals surface area contributed by atoms with Crippen LogP contribution < -0.4 is 5.32 Å². The van der Waals surface area contributed by atoms with Crippen molar-refractivity contribution in [2.45, 2.75) is 58.4 Å². The van der Waals surface area contributed by atoms with Crippen LogP contribution in [0.1, 0.15) is 52.4 Å². The minimum Gasteiger partial charge on any atom is -0.360 e. The summed E-state index contributed by atoms with van der Waals surface area (Å²) >= 11 is 5.50. The molecule has 1 saturated heterocycles. The molecule has 1 saturated carbocycles. The van der Waals surface area contributed by atoms with Gasteiger partial charge in [0.05, 0.1) is 0 Å². The fourth-order valence-electron chi connectivity index (χ4n) is 2.65. The van der Waals surface area contributed by atoms with Crippen molar-refractivity contribution in [2.24, 2.45) is 5.41 Å². The summed E-state index contributed by atoms with van der Waals surface area (Å²) in [6.45, 7) is 6.98. The molecule has 0 aromatic carbocycles. The van der Waals surface area contributed by atoms with Crippen LogP contribution >= 0.6 is 12.2 Å². The number of likely N-dealkylation sites (tertiary alicyclic amines) is 1. The van der Waals surface area contributed by atoms with Gasteiger partial charge in [-0.05, 0) is 43.3 Å². The van der Waals surface area contributed by atoms with Gasteiger partial charge >= 0.3 is 0 Å². The summed E-state index contributed by atoms with van der Waals surface area (Å²) in [5, 5.41) is 4.54. The van der Waals surface area contributed by atoms with Gasteiger partial charge < -0.3 is 10.2 Å². The average molecular weight is 240 g/mol. The van der Waals surface area contributed by atoms with E-state index < -0.39 is 0 Å². The van der Waals surface area contributed by atoms with Crippen LogP contribution in [0.4, 0.5) is 0 Å². The van der Waals surface area contributed by atoms with Gasteiger partial charge in [-0.3, -0.25) is 0 Å². The lowest BCUT2D eigenvalue weighted by Crippen LogP contribution is -2.48. The predicted molar refractivity (Wildman–Crippen MR) is 72.6 cm³/mol. The molecule has 0 bridgehead atoms. The number of hydrogen-bond donors (Lipinski definition) is 1. The van der Waals surface area contributed by atoms with Crippen molar-refractivity contribution in [3.05, 3.63) is 0 Å². The molecule has 1 heterocycles. The van der Waals surface area contributed by atoms with E-state index in [1.807, 2.05) is 0 Å². The Kier molecular flexibility index (Phi) is 3.73. The Labute approximate surface area is 105 Å². The number of hydrogen-bond acceptors (Lipinski definition) is 1. The first-order chi connectivity index (χ1) is 7.57. The molecule has 2 fully saturated rings. The molecule has 2 aliphatic rings. The Bertz CT molecular complexity index is 247. The van der Waals surface area contributed by atoms with Crippen molar-refractivity contribution in [3.63, 3.8) is 0 Å². The summed E-state index contributed by atoms with van der Waals surface area (Å²) in [6, 6.07) is 0.655. The van der Waals surface area contributed by atoms with Crippen molar-refractivity contribution in [3.8, 4) is 0 Å². The SMILES string of the molecule is CC1(C)CCN(C(=S)NC2CCCC2)CC1. The van der Waals surface area contributed by atoms with Crippen molar-refractivity contribution in [2.75, 3.05) is 13.1 Å². The largest absolute Gasteiger partial charge is 0.360 e. The summed E-state index contributed by atoms with van der Waals surface area (Å²) in [6.07, 6.45) is 7.87. The van der Waals surface area contributed by atoms with Crippen LogP contribution in [-0.2, 0) is 0 Å². The van der Waals surface area contributed by atoms with Gasteiger partial charge in [-0.25, -0.2) is 0 Å². The molecule has 1 aliphatic carbocycles. The molecule has 16 heavy (non-hydrogen) atoms.